The van der Waals surface area contributed by atoms with Crippen LogP contribution in [-0.4, -0.2) is 33.5 Å². The normalized spacial score (nSPS) is 26.0. The van der Waals surface area contributed by atoms with Gasteiger partial charge in [-0.2, -0.15) is 0 Å². The number of pyridine rings is 1. The summed E-state index contributed by atoms with van der Waals surface area (Å²) in [6.07, 6.45) is 7.56. The second kappa shape index (κ2) is 11.5. The molecule has 2 aromatic carbocycles. The molecule has 0 atom stereocenters. The van der Waals surface area contributed by atoms with Crippen LogP contribution in [0, 0.1) is 5.92 Å². The van der Waals surface area contributed by atoms with E-state index in [2.05, 4.69) is 39.9 Å². The zero-order valence-electron chi connectivity index (χ0n) is 23.5. The van der Waals surface area contributed by atoms with Gasteiger partial charge in [0.2, 0.25) is 11.8 Å². The topological polar surface area (TPSA) is 117 Å². The van der Waals surface area contributed by atoms with Crippen molar-refractivity contribution in [2.75, 3.05) is 5.32 Å². The van der Waals surface area contributed by atoms with Gasteiger partial charge in [0, 0.05) is 36.2 Å². The lowest BCUT2D eigenvalue weighted by molar-refractivity contribution is -0.122. The highest BCUT2D eigenvalue weighted by Gasteiger charge is 2.49. The molecule has 7 heteroatoms. The van der Waals surface area contributed by atoms with E-state index in [0.717, 1.165) is 53.5 Å². The third-order valence-corrected chi connectivity index (χ3v) is 8.43. The van der Waals surface area contributed by atoms with Gasteiger partial charge < -0.3 is 21.5 Å². The molecule has 5 N–H and O–H groups in total. The van der Waals surface area contributed by atoms with Crippen molar-refractivity contribution >= 4 is 17.6 Å². The molecule has 1 aromatic heterocycles. The lowest BCUT2D eigenvalue weighted by atomic mass is 9.63. The predicted octanol–water partition coefficient (Wildman–Crippen LogP) is 5.53. The Labute approximate surface area is 236 Å². The number of carbonyl (C=O) groups is 2. The maximum Gasteiger partial charge on any atom is 0.225 e. The van der Waals surface area contributed by atoms with Crippen LogP contribution in [0.2, 0.25) is 0 Å². The van der Waals surface area contributed by atoms with Crippen molar-refractivity contribution in [2.24, 2.45) is 11.7 Å². The van der Waals surface area contributed by atoms with Crippen molar-refractivity contribution in [3.8, 4) is 22.3 Å². The molecule has 7 nitrogen and oxygen atoms in total. The number of rotatable bonds is 8. The lowest BCUT2D eigenvalue weighted by Gasteiger charge is -2.49. The van der Waals surface area contributed by atoms with Gasteiger partial charge in [-0.3, -0.25) is 9.59 Å². The fourth-order valence-corrected chi connectivity index (χ4v) is 6.40. The number of hydrogen-bond donors (Lipinski definition) is 4. The fourth-order valence-electron chi connectivity index (χ4n) is 6.40. The monoisotopic (exact) mass is 540 g/mol. The Morgan fingerprint density at radius 1 is 0.950 bits per heavy atom. The van der Waals surface area contributed by atoms with E-state index in [1.807, 2.05) is 56.4 Å². The van der Waals surface area contributed by atoms with Crippen molar-refractivity contribution in [1.82, 2.24) is 10.3 Å². The summed E-state index contributed by atoms with van der Waals surface area (Å²) in [7, 11) is 0. The average Bonchev–Trinajstić information content (AvgIpc) is 2.93. The Balaban J connectivity index is 1.29. The highest BCUT2D eigenvalue weighted by Crippen LogP contribution is 2.46. The van der Waals surface area contributed by atoms with Gasteiger partial charge in [0.1, 0.15) is 5.82 Å². The van der Waals surface area contributed by atoms with Gasteiger partial charge in [0.15, 0.2) is 0 Å². The quantitative estimate of drug-likeness (QED) is 0.300. The molecule has 2 fully saturated rings. The van der Waals surface area contributed by atoms with E-state index in [4.69, 9.17) is 5.73 Å². The molecule has 0 radical (unpaired) electrons. The first-order valence-electron chi connectivity index (χ1n) is 14.4. The largest absolute Gasteiger partial charge is 0.390 e. The van der Waals surface area contributed by atoms with Crippen molar-refractivity contribution in [3.05, 3.63) is 72.4 Å². The molecule has 0 spiro atoms. The highest BCUT2D eigenvalue weighted by atomic mass is 16.3. The fraction of sp³-hybridized carbons (Fsp3) is 0.424. The van der Waals surface area contributed by atoms with E-state index in [1.165, 1.54) is 0 Å². The maximum absolute atomic E-state index is 12.9. The molecular formula is C33H40N4O3. The minimum absolute atomic E-state index is 0.0331. The molecule has 0 aliphatic heterocycles. The minimum Gasteiger partial charge on any atom is -0.390 e. The van der Waals surface area contributed by atoms with Gasteiger partial charge in [-0.25, -0.2) is 4.98 Å². The summed E-state index contributed by atoms with van der Waals surface area (Å²) >= 11 is 0. The summed E-state index contributed by atoms with van der Waals surface area (Å²) in [5.41, 5.74) is 10.4. The first-order valence-corrected chi connectivity index (χ1v) is 14.4. The van der Waals surface area contributed by atoms with E-state index in [1.54, 1.807) is 0 Å². The zero-order valence-corrected chi connectivity index (χ0v) is 23.5. The van der Waals surface area contributed by atoms with Crippen molar-refractivity contribution in [1.29, 1.82) is 0 Å². The third-order valence-electron chi connectivity index (χ3n) is 8.43. The summed E-state index contributed by atoms with van der Waals surface area (Å²) < 4.78 is 0. The summed E-state index contributed by atoms with van der Waals surface area (Å²) in [4.78, 5) is 29.2. The maximum atomic E-state index is 12.9. The van der Waals surface area contributed by atoms with Gasteiger partial charge in [-0.15, -0.1) is 0 Å². The Kier molecular flexibility index (Phi) is 8.06. The number of aliphatic hydroxyl groups is 1. The number of nitrogens with zero attached hydrogens (tertiary/aromatic N) is 1. The van der Waals surface area contributed by atoms with Gasteiger partial charge in [-0.05, 0) is 79.7 Å². The number of carbonyl (C=O) groups excluding carboxylic acids is 2. The van der Waals surface area contributed by atoms with Gasteiger partial charge in [-0.1, -0.05) is 61.5 Å². The first kappa shape index (κ1) is 28.0. The SMILES string of the molecule is CCC(=O)NC1CCC(CC(=O)Nc2cc(-c3ccccc3)c(-c3ccc(C4(N)CC(C)(O)C4)cc3)cn2)CC1. The van der Waals surface area contributed by atoms with Crippen LogP contribution >= 0.6 is 0 Å². The molecule has 2 aliphatic rings. The molecule has 2 amide bonds. The van der Waals surface area contributed by atoms with Crippen LogP contribution in [0.1, 0.15) is 70.8 Å². The minimum atomic E-state index is -0.705. The average molecular weight is 541 g/mol. The number of anilines is 1. The molecule has 0 saturated heterocycles. The summed E-state index contributed by atoms with van der Waals surface area (Å²) in [5, 5.41) is 16.3. The number of nitrogens with two attached hydrogens (primary N) is 1. The van der Waals surface area contributed by atoms with Crippen LogP contribution in [0.4, 0.5) is 5.82 Å². The molecule has 2 saturated carbocycles. The van der Waals surface area contributed by atoms with Gasteiger partial charge in [0.25, 0.3) is 0 Å². The molecule has 210 valence electrons. The van der Waals surface area contributed by atoms with Crippen LogP contribution < -0.4 is 16.4 Å². The van der Waals surface area contributed by atoms with Crippen molar-refractivity contribution in [2.45, 2.75) is 82.4 Å². The van der Waals surface area contributed by atoms with E-state index in [0.29, 0.717) is 37.4 Å². The van der Waals surface area contributed by atoms with Crippen LogP contribution in [0.15, 0.2) is 66.9 Å². The van der Waals surface area contributed by atoms with E-state index in [9.17, 15) is 14.7 Å². The summed E-state index contributed by atoms with van der Waals surface area (Å²) in [6.45, 7) is 3.69. The van der Waals surface area contributed by atoms with Crippen molar-refractivity contribution in [3.63, 3.8) is 0 Å². The molecule has 1 heterocycles. The summed E-state index contributed by atoms with van der Waals surface area (Å²) in [5.74, 6) is 0.906. The second-order valence-electron chi connectivity index (χ2n) is 12.0. The number of nitrogens with one attached hydrogen (secondary N) is 2. The number of aromatic nitrogens is 1. The molecule has 40 heavy (non-hydrogen) atoms. The summed E-state index contributed by atoms with van der Waals surface area (Å²) in [6, 6.07) is 20.5. The van der Waals surface area contributed by atoms with Crippen LogP contribution in [0.5, 0.6) is 0 Å². The van der Waals surface area contributed by atoms with Crippen LogP contribution in [-0.2, 0) is 15.1 Å². The number of benzene rings is 2. The Morgan fingerprint density at radius 3 is 2.23 bits per heavy atom. The number of hydrogen-bond acceptors (Lipinski definition) is 5. The predicted molar refractivity (Wildman–Crippen MR) is 158 cm³/mol. The standard InChI is InChI=1S/C33H40N4O3/c1-3-30(38)36-26-15-9-22(10-16-26)17-31(39)37-29-18-27(23-7-5-4-6-8-23)28(19-35-29)24-11-13-25(14-12-24)33(34)20-32(2,40)21-33/h4-8,11-14,18-19,22,26,40H,3,9-10,15-17,20-21,34H2,1-2H3,(H,36,38)(H,35,37,39). The van der Waals surface area contributed by atoms with E-state index >= 15 is 0 Å². The molecule has 5 rings (SSSR count). The van der Waals surface area contributed by atoms with E-state index in [-0.39, 0.29) is 17.9 Å². The third kappa shape index (κ3) is 6.43. The van der Waals surface area contributed by atoms with E-state index < -0.39 is 11.1 Å². The van der Waals surface area contributed by atoms with Crippen molar-refractivity contribution < 1.29 is 14.7 Å². The molecular weight excluding hydrogens is 500 g/mol. The molecule has 2 aliphatic carbocycles. The molecule has 3 aromatic rings. The lowest BCUT2D eigenvalue weighted by Crippen LogP contribution is -2.58. The number of amides is 2. The van der Waals surface area contributed by atoms with Crippen LogP contribution in [0.25, 0.3) is 22.3 Å². The smallest absolute Gasteiger partial charge is 0.225 e. The van der Waals surface area contributed by atoms with Gasteiger partial charge in [0.05, 0.1) is 5.60 Å². The van der Waals surface area contributed by atoms with Gasteiger partial charge >= 0.3 is 0 Å². The first-order chi connectivity index (χ1) is 19.1. The zero-order chi connectivity index (χ0) is 28.3. The molecule has 0 unspecified atom stereocenters. The van der Waals surface area contributed by atoms with Crippen LogP contribution in [0.3, 0.4) is 0 Å². The Morgan fingerprint density at radius 2 is 1.60 bits per heavy atom. The Hall–Kier alpha value is -3.55. The Bertz CT molecular complexity index is 1340. The molecule has 0 bridgehead atoms. The second-order valence-corrected chi connectivity index (χ2v) is 12.0. The highest BCUT2D eigenvalue weighted by molar-refractivity contribution is 5.92.